The summed E-state index contributed by atoms with van der Waals surface area (Å²) in [5.41, 5.74) is 2.03. The average molecular weight is 368 g/mol. The summed E-state index contributed by atoms with van der Waals surface area (Å²) in [5, 5.41) is 0. The van der Waals surface area contributed by atoms with Crippen LogP contribution in [-0.4, -0.2) is 52.9 Å². The Morgan fingerprint density at radius 2 is 1.78 bits per heavy atom. The van der Waals surface area contributed by atoms with Gasteiger partial charge in [-0.3, -0.25) is 9.69 Å². The summed E-state index contributed by atoms with van der Waals surface area (Å²) in [7, 11) is 3.62. The van der Waals surface area contributed by atoms with Crippen molar-refractivity contribution in [2.45, 2.75) is 38.8 Å². The van der Waals surface area contributed by atoms with Gasteiger partial charge in [0.1, 0.15) is 17.7 Å². The van der Waals surface area contributed by atoms with Gasteiger partial charge in [-0.2, -0.15) is 0 Å². The summed E-state index contributed by atoms with van der Waals surface area (Å²) in [4.78, 5) is 25.6. The van der Waals surface area contributed by atoms with Crippen LogP contribution in [0.1, 0.15) is 43.9 Å². The number of carbonyl (C=O) groups is 1. The third-order valence-electron chi connectivity index (χ3n) is 4.86. The smallest absolute Gasteiger partial charge is 0.238 e. The Morgan fingerprint density at radius 1 is 1.15 bits per heavy atom. The van der Waals surface area contributed by atoms with E-state index < -0.39 is 0 Å². The average Bonchev–Trinajstić information content (AvgIpc) is 2.93. The minimum absolute atomic E-state index is 0.0933. The van der Waals surface area contributed by atoms with E-state index in [4.69, 9.17) is 4.74 Å². The van der Waals surface area contributed by atoms with Gasteiger partial charge < -0.3 is 9.64 Å². The molecule has 1 aromatic heterocycles. The van der Waals surface area contributed by atoms with Gasteiger partial charge in [-0.15, -0.1) is 0 Å². The van der Waals surface area contributed by atoms with E-state index in [-0.39, 0.29) is 17.5 Å². The summed E-state index contributed by atoms with van der Waals surface area (Å²) in [6.45, 7) is 7.34. The van der Waals surface area contributed by atoms with Crippen molar-refractivity contribution in [1.82, 2.24) is 19.8 Å². The molecule has 1 amide bonds. The lowest BCUT2D eigenvalue weighted by Gasteiger charge is -2.28. The van der Waals surface area contributed by atoms with Gasteiger partial charge >= 0.3 is 0 Å². The molecule has 0 bridgehead atoms. The fraction of sp³-hybridized carbons (Fsp3) is 0.476. The van der Waals surface area contributed by atoms with Gasteiger partial charge in [0.05, 0.1) is 13.7 Å². The first kappa shape index (κ1) is 19.3. The zero-order valence-electron chi connectivity index (χ0n) is 16.8. The molecule has 0 saturated carbocycles. The van der Waals surface area contributed by atoms with E-state index in [0.717, 1.165) is 23.6 Å². The third kappa shape index (κ3) is 4.27. The Kier molecular flexibility index (Phi) is 5.46. The lowest BCUT2D eigenvalue weighted by Crippen LogP contribution is -2.33. The Bertz CT molecular complexity index is 781. The highest BCUT2D eigenvalue weighted by atomic mass is 16.5. The van der Waals surface area contributed by atoms with Crippen LogP contribution in [0.3, 0.4) is 0 Å². The van der Waals surface area contributed by atoms with E-state index in [1.807, 2.05) is 53.5 Å². The van der Waals surface area contributed by atoms with Gasteiger partial charge in [0, 0.05) is 29.9 Å². The van der Waals surface area contributed by atoms with Crippen molar-refractivity contribution in [1.29, 1.82) is 0 Å². The van der Waals surface area contributed by atoms with E-state index in [0.29, 0.717) is 13.1 Å². The maximum atomic E-state index is 12.5. The molecule has 27 heavy (non-hydrogen) atoms. The van der Waals surface area contributed by atoms with Crippen LogP contribution in [-0.2, 0) is 16.6 Å². The molecule has 6 heteroatoms. The van der Waals surface area contributed by atoms with E-state index in [1.165, 1.54) is 5.56 Å². The van der Waals surface area contributed by atoms with Gasteiger partial charge in [-0.1, -0.05) is 32.9 Å². The second kappa shape index (κ2) is 7.64. The maximum absolute atomic E-state index is 12.5. The summed E-state index contributed by atoms with van der Waals surface area (Å²) < 4.78 is 5.20. The van der Waals surface area contributed by atoms with Gasteiger partial charge in [-0.25, -0.2) is 9.97 Å². The second-order valence-corrected chi connectivity index (χ2v) is 8.06. The third-order valence-corrected chi connectivity index (χ3v) is 4.86. The normalized spacial score (nSPS) is 18.2. The molecule has 1 saturated heterocycles. The molecular formula is C21H28N4O2. The molecule has 1 atom stereocenters. The van der Waals surface area contributed by atoms with Crippen molar-refractivity contribution >= 4 is 5.91 Å². The lowest BCUT2D eigenvalue weighted by atomic mass is 9.96. The number of hydrogen-bond acceptors (Lipinski definition) is 5. The SMILES string of the molecule is COc1ccc(CCN2C(=O)CN(C)C2c2cnc(C(C)(C)C)nc2)cc1. The van der Waals surface area contributed by atoms with Crippen LogP contribution in [0, 0.1) is 0 Å². The number of carbonyl (C=O) groups excluding carboxylic acids is 1. The van der Waals surface area contributed by atoms with Gasteiger partial charge in [0.15, 0.2) is 0 Å². The quantitative estimate of drug-likeness (QED) is 0.812. The van der Waals surface area contributed by atoms with Crippen molar-refractivity contribution in [3.63, 3.8) is 0 Å². The van der Waals surface area contributed by atoms with E-state index >= 15 is 0 Å². The Hall–Kier alpha value is -2.47. The molecule has 0 radical (unpaired) electrons. The largest absolute Gasteiger partial charge is 0.497 e. The van der Waals surface area contributed by atoms with Crippen LogP contribution in [0.2, 0.25) is 0 Å². The minimum Gasteiger partial charge on any atom is -0.497 e. The van der Waals surface area contributed by atoms with Gasteiger partial charge in [0.25, 0.3) is 0 Å². The number of ether oxygens (including phenoxy) is 1. The molecule has 3 rings (SSSR count). The van der Waals surface area contributed by atoms with Crippen molar-refractivity contribution < 1.29 is 9.53 Å². The van der Waals surface area contributed by atoms with Crippen LogP contribution >= 0.6 is 0 Å². The monoisotopic (exact) mass is 368 g/mol. The molecule has 1 unspecified atom stereocenters. The van der Waals surface area contributed by atoms with Crippen LogP contribution < -0.4 is 4.74 Å². The first-order valence-electron chi connectivity index (χ1n) is 9.24. The summed E-state index contributed by atoms with van der Waals surface area (Å²) in [5.74, 6) is 1.78. The molecule has 1 fully saturated rings. The number of hydrogen-bond donors (Lipinski definition) is 0. The molecule has 2 aromatic rings. The predicted octanol–water partition coefficient (Wildman–Crippen LogP) is 2.80. The molecule has 2 heterocycles. The highest BCUT2D eigenvalue weighted by Crippen LogP contribution is 2.29. The zero-order valence-corrected chi connectivity index (χ0v) is 16.8. The van der Waals surface area contributed by atoms with Crippen LogP contribution in [0.25, 0.3) is 0 Å². The summed E-state index contributed by atoms with van der Waals surface area (Å²) in [6, 6.07) is 7.98. The second-order valence-electron chi connectivity index (χ2n) is 8.06. The number of rotatable bonds is 5. The first-order chi connectivity index (χ1) is 12.8. The van der Waals surface area contributed by atoms with Crippen LogP contribution in [0.4, 0.5) is 0 Å². The van der Waals surface area contributed by atoms with Crippen molar-refractivity contribution in [3.8, 4) is 5.75 Å². The molecular weight excluding hydrogens is 340 g/mol. The minimum atomic E-state index is -0.121. The van der Waals surface area contributed by atoms with E-state index in [9.17, 15) is 4.79 Å². The molecule has 6 nitrogen and oxygen atoms in total. The Morgan fingerprint density at radius 3 is 2.33 bits per heavy atom. The highest BCUT2D eigenvalue weighted by molar-refractivity contribution is 5.80. The number of aromatic nitrogens is 2. The topological polar surface area (TPSA) is 58.6 Å². The van der Waals surface area contributed by atoms with Crippen molar-refractivity contribution in [2.24, 2.45) is 0 Å². The van der Waals surface area contributed by atoms with Crippen molar-refractivity contribution in [2.75, 3.05) is 27.2 Å². The fourth-order valence-electron chi connectivity index (χ4n) is 3.35. The molecule has 0 aliphatic carbocycles. The number of benzene rings is 1. The Balaban J connectivity index is 1.75. The van der Waals surface area contributed by atoms with Crippen LogP contribution in [0.15, 0.2) is 36.7 Å². The van der Waals surface area contributed by atoms with E-state index in [1.54, 1.807) is 7.11 Å². The molecule has 0 N–H and O–H groups in total. The predicted molar refractivity (Wildman–Crippen MR) is 105 cm³/mol. The lowest BCUT2D eigenvalue weighted by molar-refractivity contribution is -0.128. The number of nitrogens with zero attached hydrogens (tertiary/aromatic N) is 4. The molecule has 144 valence electrons. The highest BCUT2D eigenvalue weighted by Gasteiger charge is 2.36. The standard InChI is InChI=1S/C21H28N4O2/c1-21(2,3)20-22-12-16(13-23-20)19-24(4)14-18(26)25(19)11-10-15-6-8-17(27-5)9-7-15/h6-9,12-13,19H,10-11,14H2,1-5H3. The number of likely N-dealkylation sites (N-methyl/N-ethyl adjacent to an activating group) is 1. The molecule has 1 aromatic carbocycles. The van der Waals surface area contributed by atoms with Gasteiger partial charge in [-0.05, 0) is 31.2 Å². The summed E-state index contributed by atoms with van der Waals surface area (Å²) >= 11 is 0. The number of methoxy groups -OCH3 is 1. The Labute approximate surface area is 161 Å². The van der Waals surface area contributed by atoms with Crippen LogP contribution in [0.5, 0.6) is 5.75 Å². The van der Waals surface area contributed by atoms with Crippen molar-refractivity contribution in [3.05, 3.63) is 53.6 Å². The molecule has 1 aliphatic heterocycles. The van der Waals surface area contributed by atoms with E-state index in [2.05, 4.69) is 30.7 Å². The fourth-order valence-corrected chi connectivity index (χ4v) is 3.35. The number of amides is 1. The van der Waals surface area contributed by atoms with Gasteiger partial charge in [0.2, 0.25) is 5.91 Å². The molecule has 1 aliphatic rings. The summed E-state index contributed by atoms with van der Waals surface area (Å²) in [6.07, 6.45) is 4.38. The zero-order chi connectivity index (χ0) is 19.6. The molecule has 0 spiro atoms. The first-order valence-corrected chi connectivity index (χ1v) is 9.24. The maximum Gasteiger partial charge on any atom is 0.238 e.